The molecule has 0 aliphatic rings. The molecule has 0 aliphatic carbocycles. The summed E-state index contributed by atoms with van der Waals surface area (Å²) in [6, 6.07) is 3.48. The van der Waals surface area contributed by atoms with Crippen LogP contribution in [0.2, 0.25) is 5.15 Å². The van der Waals surface area contributed by atoms with E-state index in [1.54, 1.807) is 29.9 Å². The van der Waals surface area contributed by atoms with Crippen LogP contribution in [-0.2, 0) is 11.8 Å². The molecule has 6 heteroatoms. The monoisotopic (exact) mass is 413 g/mol. The summed E-state index contributed by atoms with van der Waals surface area (Å²) in [6.45, 7) is 9.61. The largest absolute Gasteiger partial charge is 0.311 e. The topological polar surface area (TPSA) is 64.3 Å². The molecule has 0 bridgehead atoms. The van der Waals surface area contributed by atoms with E-state index in [2.05, 4.69) is 9.98 Å². The number of ketones is 1. The van der Waals surface area contributed by atoms with E-state index in [4.69, 9.17) is 11.6 Å². The zero-order valence-corrected chi connectivity index (χ0v) is 18.7. The highest BCUT2D eigenvalue weighted by Crippen LogP contribution is 2.22. The summed E-state index contributed by atoms with van der Waals surface area (Å²) < 4.78 is 1.56. The van der Waals surface area contributed by atoms with E-state index in [1.807, 2.05) is 40.7 Å². The molecule has 29 heavy (non-hydrogen) atoms. The number of allylic oxidation sites excluding steroid dienone is 4. The summed E-state index contributed by atoms with van der Waals surface area (Å²) in [7, 11) is 1.71. The van der Waals surface area contributed by atoms with E-state index in [9.17, 15) is 9.59 Å². The molecule has 0 amide bonds. The Morgan fingerprint density at radius 3 is 2.55 bits per heavy atom. The highest BCUT2D eigenvalue weighted by molar-refractivity contribution is 6.30. The van der Waals surface area contributed by atoms with Crippen LogP contribution in [0.15, 0.2) is 45.5 Å². The Morgan fingerprint density at radius 1 is 1.28 bits per heavy atom. The molecular formula is C23H28ClN3O2. The Kier molecular flexibility index (Phi) is 7.68. The number of carbonyl (C=O) groups excluding carboxylic acids is 1. The van der Waals surface area contributed by atoms with Crippen LogP contribution in [0.3, 0.4) is 0 Å². The summed E-state index contributed by atoms with van der Waals surface area (Å²) in [6.07, 6.45) is 5.48. The smallest absolute Gasteiger partial charge is 0.258 e. The number of fused-ring (bicyclic) bond motifs is 1. The number of aromatic nitrogens is 2. The molecule has 0 atom stereocenters. The number of aliphatic imine (C=N–C) groups is 1. The normalized spacial score (nSPS) is 13.6. The maximum absolute atomic E-state index is 13.0. The van der Waals surface area contributed by atoms with Gasteiger partial charge in [0.2, 0.25) is 0 Å². The molecule has 0 unspecified atom stereocenters. The number of pyridine rings is 2. The van der Waals surface area contributed by atoms with E-state index in [0.717, 1.165) is 23.8 Å². The lowest BCUT2D eigenvalue weighted by molar-refractivity contribution is -0.115. The number of hydrogen-bond acceptors (Lipinski definition) is 4. The first-order chi connectivity index (χ1) is 13.7. The second-order valence-electron chi connectivity index (χ2n) is 7.04. The van der Waals surface area contributed by atoms with Gasteiger partial charge in [0.15, 0.2) is 5.78 Å². The van der Waals surface area contributed by atoms with E-state index >= 15 is 0 Å². The highest BCUT2D eigenvalue weighted by Gasteiger charge is 2.16. The van der Waals surface area contributed by atoms with E-state index in [-0.39, 0.29) is 11.3 Å². The van der Waals surface area contributed by atoms with Crippen molar-refractivity contribution in [1.82, 2.24) is 9.55 Å². The predicted octanol–water partition coefficient (Wildman–Crippen LogP) is 5.50. The van der Waals surface area contributed by atoms with Gasteiger partial charge in [0.05, 0.1) is 5.52 Å². The predicted molar refractivity (Wildman–Crippen MR) is 122 cm³/mol. The Balaban J connectivity index is 2.65. The number of hydrogen-bond donors (Lipinski definition) is 0. The van der Waals surface area contributed by atoms with Gasteiger partial charge in [0, 0.05) is 41.9 Å². The lowest BCUT2D eigenvalue weighted by Crippen LogP contribution is -2.22. The van der Waals surface area contributed by atoms with Gasteiger partial charge in [-0.3, -0.25) is 9.59 Å². The van der Waals surface area contributed by atoms with Gasteiger partial charge in [-0.15, -0.1) is 0 Å². The first-order valence-electron chi connectivity index (χ1n) is 9.85. The van der Waals surface area contributed by atoms with Crippen LogP contribution in [0, 0.1) is 0 Å². The molecule has 0 aliphatic heterocycles. The summed E-state index contributed by atoms with van der Waals surface area (Å²) in [5.41, 5.74) is 3.86. The molecule has 0 saturated carbocycles. The van der Waals surface area contributed by atoms with Gasteiger partial charge in [-0.25, -0.2) is 9.98 Å². The number of carbonyl (C=O) groups is 1. The van der Waals surface area contributed by atoms with Crippen molar-refractivity contribution >= 4 is 39.6 Å². The molecule has 2 heterocycles. The molecule has 154 valence electrons. The quantitative estimate of drug-likeness (QED) is 0.341. The van der Waals surface area contributed by atoms with E-state index in [0.29, 0.717) is 39.6 Å². The number of Topliss-reactive ketones (excluding diaryl/α,β-unsaturated/α-hetero) is 1. The average Bonchev–Trinajstić information content (AvgIpc) is 2.70. The van der Waals surface area contributed by atoms with Crippen LogP contribution in [0.1, 0.15) is 59.4 Å². The minimum absolute atomic E-state index is 0.0342. The standard InChI is InChI=1S/C23H28ClN3O2/c1-7-10-20(28)22(14(4)8-2)26-15(5)17(9-3)18-11-16-13-25-21(24)12-19(16)27(6)23(18)29/h9,11-13H,7-8,10H2,1-6H3/b17-9+,22-14+,26-15+. The second-order valence-corrected chi connectivity index (χ2v) is 7.43. The number of aryl methyl sites for hydroxylation is 1. The third kappa shape index (κ3) is 4.91. The van der Waals surface area contributed by atoms with Crippen LogP contribution in [0.4, 0.5) is 0 Å². The molecule has 0 aromatic carbocycles. The van der Waals surface area contributed by atoms with Gasteiger partial charge in [-0.1, -0.05) is 31.5 Å². The average molecular weight is 414 g/mol. The Bertz CT molecular complexity index is 1090. The minimum atomic E-state index is -0.153. The van der Waals surface area contributed by atoms with Crippen molar-refractivity contribution in [2.75, 3.05) is 0 Å². The van der Waals surface area contributed by atoms with Crippen LogP contribution in [0.25, 0.3) is 16.5 Å². The molecule has 0 N–H and O–H groups in total. The van der Waals surface area contributed by atoms with Crippen LogP contribution in [0.5, 0.6) is 0 Å². The molecule has 0 saturated heterocycles. The van der Waals surface area contributed by atoms with Crippen molar-refractivity contribution in [3.05, 3.63) is 56.7 Å². The Hall–Kier alpha value is -2.53. The van der Waals surface area contributed by atoms with E-state index < -0.39 is 0 Å². The first-order valence-corrected chi connectivity index (χ1v) is 10.2. The van der Waals surface area contributed by atoms with Gasteiger partial charge < -0.3 is 4.57 Å². The van der Waals surface area contributed by atoms with Gasteiger partial charge in [-0.2, -0.15) is 0 Å². The fraction of sp³-hybridized carbons (Fsp3) is 0.391. The number of nitrogens with zero attached hydrogens (tertiary/aromatic N) is 3. The van der Waals surface area contributed by atoms with Crippen molar-refractivity contribution in [3.8, 4) is 0 Å². The van der Waals surface area contributed by atoms with Crippen molar-refractivity contribution in [2.45, 2.75) is 53.9 Å². The Morgan fingerprint density at radius 2 is 1.97 bits per heavy atom. The third-order valence-corrected chi connectivity index (χ3v) is 5.21. The lowest BCUT2D eigenvalue weighted by Gasteiger charge is -2.13. The SMILES string of the molecule is C\C=C(/C(C)=N/C(C(=O)CCC)=C(\C)CC)c1cc2cnc(Cl)cc2n(C)c1=O. The molecule has 2 rings (SSSR count). The highest BCUT2D eigenvalue weighted by atomic mass is 35.5. The first kappa shape index (κ1) is 22.8. The zero-order chi connectivity index (χ0) is 21.7. The van der Waals surface area contributed by atoms with E-state index in [1.165, 1.54) is 0 Å². The van der Waals surface area contributed by atoms with Gasteiger partial charge >= 0.3 is 0 Å². The number of halogens is 1. The second kappa shape index (κ2) is 9.79. The summed E-state index contributed by atoms with van der Waals surface area (Å²) in [4.78, 5) is 34.4. The van der Waals surface area contributed by atoms with Crippen molar-refractivity contribution < 1.29 is 4.79 Å². The third-order valence-electron chi connectivity index (χ3n) is 5.00. The summed E-state index contributed by atoms with van der Waals surface area (Å²) >= 11 is 5.99. The fourth-order valence-electron chi connectivity index (χ4n) is 3.23. The minimum Gasteiger partial charge on any atom is -0.311 e. The molecule has 0 radical (unpaired) electrons. The van der Waals surface area contributed by atoms with Crippen LogP contribution >= 0.6 is 11.6 Å². The molecule has 0 spiro atoms. The molecule has 2 aromatic heterocycles. The van der Waals surface area contributed by atoms with Gasteiger partial charge in [-0.05, 0) is 51.3 Å². The zero-order valence-electron chi connectivity index (χ0n) is 18.0. The van der Waals surface area contributed by atoms with Crippen molar-refractivity contribution in [1.29, 1.82) is 0 Å². The maximum atomic E-state index is 13.0. The van der Waals surface area contributed by atoms with Crippen molar-refractivity contribution in [3.63, 3.8) is 0 Å². The van der Waals surface area contributed by atoms with Crippen LogP contribution < -0.4 is 5.56 Å². The lowest BCUT2D eigenvalue weighted by atomic mass is 10.0. The Labute approximate surface area is 176 Å². The summed E-state index contributed by atoms with van der Waals surface area (Å²) in [5.74, 6) is 0.0342. The molecule has 0 fully saturated rings. The molecule has 2 aromatic rings. The van der Waals surface area contributed by atoms with Gasteiger partial charge in [0.25, 0.3) is 5.56 Å². The molecule has 5 nitrogen and oxygen atoms in total. The summed E-state index contributed by atoms with van der Waals surface area (Å²) in [5, 5.41) is 1.14. The maximum Gasteiger partial charge on any atom is 0.258 e. The van der Waals surface area contributed by atoms with Gasteiger partial charge in [0.1, 0.15) is 10.9 Å². The molecular weight excluding hydrogens is 386 g/mol. The van der Waals surface area contributed by atoms with Crippen molar-refractivity contribution in [2.24, 2.45) is 12.0 Å². The number of rotatable bonds is 7. The fourth-order valence-corrected chi connectivity index (χ4v) is 3.38. The van der Waals surface area contributed by atoms with Crippen LogP contribution in [-0.4, -0.2) is 21.0 Å².